The van der Waals surface area contributed by atoms with Crippen molar-refractivity contribution in [2.75, 3.05) is 0 Å². The molecule has 0 saturated carbocycles. The maximum absolute atomic E-state index is 5.03. The predicted octanol–water partition coefficient (Wildman–Crippen LogP) is 5.53. The summed E-state index contributed by atoms with van der Waals surface area (Å²) in [6, 6.07) is 17.5. The first-order chi connectivity index (χ1) is 11.4. The molecule has 1 aliphatic carbocycles. The van der Waals surface area contributed by atoms with Crippen LogP contribution in [0.1, 0.15) is 24.0 Å². The zero-order valence-corrected chi connectivity index (χ0v) is 12.9. The molecule has 3 aromatic carbocycles. The first-order valence-electron chi connectivity index (χ1n) is 8.29. The van der Waals surface area contributed by atoms with Gasteiger partial charge in [0.05, 0.1) is 0 Å². The van der Waals surface area contributed by atoms with Gasteiger partial charge in [0.15, 0.2) is 0 Å². The van der Waals surface area contributed by atoms with Crippen LogP contribution in [0.3, 0.4) is 0 Å². The van der Waals surface area contributed by atoms with Crippen LogP contribution in [0.2, 0.25) is 0 Å². The zero-order chi connectivity index (χ0) is 15.2. The molecular weight excluding hydrogens is 282 g/mol. The second-order valence-electron chi connectivity index (χ2n) is 6.36. The van der Waals surface area contributed by atoms with Crippen LogP contribution in [-0.2, 0) is 12.8 Å². The number of benzene rings is 3. The number of aromatic nitrogens is 1. The van der Waals surface area contributed by atoms with Crippen LogP contribution in [0.25, 0.3) is 32.8 Å². The highest BCUT2D eigenvalue weighted by Crippen LogP contribution is 2.36. The normalized spacial score (nSPS) is 14.3. The minimum absolute atomic E-state index is 0.896. The Morgan fingerprint density at radius 1 is 0.739 bits per heavy atom. The molecule has 0 N–H and O–H groups in total. The minimum Gasteiger partial charge on any atom is -0.364 e. The molecule has 0 fully saturated rings. The standard InChI is InChI=1S/C21H17NO/c1-2-5-15-14(4-1)8-9-18-16-6-3-7-20(21-12-13-23-22-21)19(16)11-10-17(15)18/h3,6-13H,1-2,4-5H2. The predicted molar refractivity (Wildman–Crippen MR) is 93.6 cm³/mol. The van der Waals surface area contributed by atoms with Crippen LogP contribution >= 0.6 is 0 Å². The Kier molecular flexibility index (Phi) is 2.77. The molecule has 0 unspecified atom stereocenters. The lowest BCUT2D eigenvalue weighted by molar-refractivity contribution is 0.422. The van der Waals surface area contributed by atoms with Gasteiger partial charge in [0.2, 0.25) is 0 Å². The van der Waals surface area contributed by atoms with Gasteiger partial charge in [0, 0.05) is 11.6 Å². The molecular formula is C21H17NO. The third-order valence-electron chi connectivity index (χ3n) is 5.10. The smallest absolute Gasteiger partial charge is 0.124 e. The van der Waals surface area contributed by atoms with E-state index < -0.39 is 0 Å². The Hall–Kier alpha value is -2.61. The highest BCUT2D eigenvalue weighted by atomic mass is 16.5. The summed E-state index contributed by atoms with van der Waals surface area (Å²) in [5.74, 6) is 0. The van der Waals surface area contributed by atoms with Gasteiger partial charge in [-0.25, -0.2) is 0 Å². The van der Waals surface area contributed by atoms with Gasteiger partial charge in [-0.15, -0.1) is 0 Å². The Balaban J connectivity index is 1.86. The second-order valence-corrected chi connectivity index (χ2v) is 6.36. The minimum atomic E-state index is 0.896. The monoisotopic (exact) mass is 299 g/mol. The van der Waals surface area contributed by atoms with Gasteiger partial charge in [-0.05, 0) is 58.4 Å². The molecule has 5 rings (SSSR count). The topological polar surface area (TPSA) is 26.0 Å². The number of hydrogen-bond donors (Lipinski definition) is 0. The van der Waals surface area contributed by atoms with E-state index >= 15 is 0 Å². The first kappa shape index (κ1) is 12.9. The second kappa shape index (κ2) is 4.95. The third-order valence-corrected chi connectivity index (χ3v) is 5.10. The molecule has 2 nitrogen and oxygen atoms in total. The van der Waals surface area contributed by atoms with Crippen molar-refractivity contribution in [3.05, 3.63) is 65.9 Å². The Morgan fingerprint density at radius 3 is 2.48 bits per heavy atom. The van der Waals surface area contributed by atoms with E-state index in [1.807, 2.05) is 6.07 Å². The number of nitrogens with zero attached hydrogens (tertiary/aromatic N) is 1. The van der Waals surface area contributed by atoms with Crippen molar-refractivity contribution in [2.24, 2.45) is 0 Å². The van der Waals surface area contributed by atoms with Gasteiger partial charge in [-0.1, -0.05) is 47.6 Å². The van der Waals surface area contributed by atoms with Crippen molar-refractivity contribution in [2.45, 2.75) is 25.7 Å². The number of rotatable bonds is 1. The fraction of sp³-hybridized carbons (Fsp3) is 0.190. The van der Waals surface area contributed by atoms with Gasteiger partial charge in [0.25, 0.3) is 0 Å². The molecule has 0 atom stereocenters. The van der Waals surface area contributed by atoms with Gasteiger partial charge < -0.3 is 4.52 Å². The van der Waals surface area contributed by atoms with Crippen molar-refractivity contribution in [3.63, 3.8) is 0 Å². The molecule has 4 aromatic rings. The summed E-state index contributed by atoms with van der Waals surface area (Å²) in [6.07, 6.45) is 6.70. The van der Waals surface area contributed by atoms with E-state index in [9.17, 15) is 0 Å². The fourth-order valence-corrected chi connectivity index (χ4v) is 4.00. The summed E-state index contributed by atoms with van der Waals surface area (Å²) in [6.45, 7) is 0. The van der Waals surface area contributed by atoms with Crippen LogP contribution in [0, 0.1) is 0 Å². The number of hydrogen-bond acceptors (Lipinski definition) is 2. The van der Waals surface area contributed by atoms with Gasteiger partial charge >= 0.3 is 0 Å². The van der Waals surface area contributed by atoms with Crippen LogP contribution in [0.5, 0.6) is 0 Å². The molecule has 23 heavy (non-hydrogen) atoms. The lowest BCUT2D eigenvalue weighted by atomic mass is 9.86. The molecule has 0 saturated heterocycles. The van der Waals surface area contributed by atoms with E-state index in [0.717, 1.165) is 11.3 Å². The molecule has 0 aliphatic heterocycles. The van der Waals surface area contributed by atoms with Crippen LogP contribution < -0.4 is 0 Å². The van der Waals surface area contributed by atoms with Crippen LogP contribution in [0.4, 0.5) is 0 Å². The average Bonchev–Trinajstić information content (AvgIpc) is 3.15. The summed E-state index contributed by atoms with van der Waals surface area (Å²) in [4.78, 5) is 0. The van der Waals surface area contributed by atoms with E-state index in [1.54, 1.807) is 11.8 Å². The highest BCUT2D eigenvalue weighted by Gasteiger charge is 2.15. The molecule has 1 heterocycles. The van der Waals surface area contributed by atoms with Crippen LogP contribution in [-0.4, -0.2) is 5.16 Å². The van der Waals surface area contributed by atoms with Crippen molar-refractivity contribution in [1.29, 1.82) is 0 Å². The van der Waals surface area contributed by atoms with E-state index in [0.29, 0.717) is 0 Å². The molecule has 1 aromatic heterocycles. The van der Waals surface area contributed by atoms with Crippen molar-refractivity contribution < 1.29 is 4.52 Å². The highest BCUT2D eigenvalue weighted by molar-refractivity contribution is 6.12. The number of fused-ring (bicyclic) bond motifs is 5. The molecule has 1 aliphatic rings. The quantitative estimate of drug-likeness (QED) is 0.432. The lowest BCUT2D eigenvalue weighted by Gasteiger charge is -2.19. The summed E-state index contributed by atoms with van der Waals surface area (Å²) in [5.41, 5.74) is 5.13. The first-order valence-corrected chi connectivity index (χ1v) is 8.29. The Bertz CT molecular complexity index is 1020. The largest absolute Gasteiger partial charge is 0.364 e. The third kappa shape index (κ3) is 1.91. The maximum atomic E-state index is 5.03. The summed E-state index contributed by atoms with van der Waals surface area (Å²) in [5, 5.41) is 9.43. The van der Waals surface area contributed by atoms with Gasteiger partial charge in [-0.3, -0.25) is 0 Å². The fourth-order valence-electron chi connectivity index (χ4n) is 4.00. The van der Waals surface area contributed by atoms with Crippen molar-refractivity contribution in [3.8, 4) is 11.3 Å². The lowest BCUT2D eigenvalue weighted by Crippen LogP contribution is -2.03. The Labute approximate surface area is 134 Å². The average molecular weight is 299 g/mol. The maximum Gasteiger partial charge on any atom is 0.124 e. The van der Waals surface area contributed by atoms with Gasteiger partial charge in [-0.2, -0.15) is 0 Å². The van der Waals surface area contributed by atoms with E-state index in [1.165, 1.54) is 52.8 Å². The Morgan fingerprint density at radius 2 is 1.57 bits per heavy atom. The molecule has 0 bridgehead atoms. The SMILES string of the molecule is c1cc(-c2ccon2)c2ccc3c4c(ccc3c2c1)CCCC4. The number of aryl methyl sites for hydroxylation is 2. The van der Waals surface area contributed by atoms with Crippen molar-refractivity contribution in [1.82, 2.24) is 5.16 Å². The van der Waals surface area contributed by atoms with Gasteiger partial charge in [0.1, 0.15) is 12.0 Å². The molecule has 0 spiro atoms. The molecule has 2 heteroatoms. The molecule has 112 valence electrons. The molecule has 0 radical (unpaired) electrons. The van der Waals surface area contributed by atoms with E-state index in [4.69, 9.17) is 4.52 Å². The van der Waals surface area contributed by atoms with E-state index in [-0.39, 0.29) is 0 Å². The molecule has 0 amide bonds. The van der Waals surface area contributed by atoms with Crippen LogP contribution in [0.15, 0.2) is 59.3 Å². The summed E-state index contributed by atoms with van der Waals surface area (Å²) >= 11 is 0. The van der Waals surface area contributed by atoms with E-state index in [2.05, 4.69) is 47.6 Å². The zero-order valence-electron chi connectivity index (χ0n) is 12.9. The summed E-state index contributed by atoms with van der Waals surface area (Å²) in [7, 11) is 0. The van der Waals surface area contributed by atoms with Crippen molar-refractivity contribution >= 4 is 21.5 Å². The summed E-state index contributed by atoms with van der Waals surface area (Å²) < 4.78 is 5.03.